The minimum atomic E-state index is 0.836. The molecule has 11 rings (SSSR count). The van der Waals surface area contributed by atoms with E-state index in [1.54, 1.807) is 11.3 Å². The summed E-state index contributed by atoms with van der Waals surface area (Å²) in [7, 11) is 0. The van der Waals surface area contributed by atoms with E-state index in [1.807, 2.05) is 17.4 Å². The Morgan fingerprint density at radius 1 is 0.426 bits per heavy atom. The predicted molar refractivity (Wildman–Crippen MR) is 231 cm³/mol. The maximum Gasteiger partial charge on any atom is 0.137 e. The third-order valence-corrected chi connectivity index (χ3v) is 12.6. The Labute approximate surface area is 319 Å². The Bertz CT molecular complexity index is 3140. The zero-order chi connectivity index (χ0) is 35.6. The molecule has 0 saturated heterocycles. The molecule has 3 aromatic heterocycles. The number of hydrogen-bond donors (Lipinski definition) is 0. The van der Waals surface area contributed by atoms with Gasteiger partial charge in [0.25, 0.3) is 0 Å². The average molecular weight is 727 g/mol. The molecule has 0 atom stereocenters. The molecule has 8 aromatic carbocycles. The van der Waals surface area contributed by atoms with Gasteiger partial charge >= 0.3 is 0 Å². The monoisotopic (exact) mass is 726 g/mol. The summed E-state index contributed by atoms with van der Waals surface area (Å²) in [5.74, 6) is 0. The van der Waals surface area contributed by atoms with Gasteiger partial charge in [-0.1, -0.05) is 121 Å². The maximum atomic E-state index is 6.60. The summed E-state index contributed by atoms with van der Waals surface area (Å²) in [6.07, 6.45) is 0. The number of rotatable bonds is 6. The van der Waals surface area contributed by atoms with Gasteiger partial charge in [-0.3, -0.25) is 0 Å². The smallest absolute Gasteiger partial charge is 0.137 e. The van der Waals surface area contributed by atoms with E-state index in [2.05, 4.69) is 181 Å². The number of thiophene rings is 1. The molecule has 5 heteroatoms. The summed E-state index contributed by atoms with van der Waals surface area (Å²) in [6.45, 7) is 0. The van der Waals surface area contributed by atoms with Crippen molar-refractivity contribution < 1.29 is 4.42 Å². The maximum absolute atomic E-state index is 6.60. The van der Waals surface area contributed by atoms with Gasteiger partial charge in [-0.15, -0.1) is 22.7 Å². The standard InChI is InChI=1S/C49H30N2OS2/c1-3-10-31(11-4-1)32-18-22-35(23-19-32)51(36-24-20-33(21-25-36)38-15-9-16-40-39-14-7-8-17-44(39)53-48(38)40)37-26-27-41-43(30-37)52-42-28-29-45-47(46(41)42)50-49(54-45)34-12-5-2-6-13-34/h1-30H. The fourth-order valence-electron chi connectivity index (χ4n) is 7.73. The fourth-order valence-corrected chi connectivity index (χ4v) is 9.95. The van der Waals surface area contributed by atoms with Crippen LogP contribution in [0.5, 0.6) is 0 Å². The number of benzene rings is 8. The van der Waals surface area contributed by atoms with Crippen LogP contribution in [0.15, 0.2) is 186 Å². The second-order valence-corrected chi connectivity index (χ2v) is 15.6. The Balaban J connectivity index is 1.03. The van der Waals surface area contributed by atoms with Crippen molar-refractivity contribution in [3.63, 3.8) is 0 Å². The Morgan fingerprint density at radius 3 is 1.85 bits per heavy atom. The Hall–Kier alpha value is -6.53. The highest BCUT2D eigenvalue weighted by Gasteiger charge is 2.19. The molecule has 11 aromatic rings. The van der Waals surface area contributed by atoms with E-state index in [9.17, 15) is 0 Å². The molecule has 0 aliphatic rings. The average Bonchev–Trinajstić information content (AvgIpc) is 3.95. The van der Waals surface area contributed by atoms with E-state index in [1.165, 1.54) is 42.4 Å². The zero-order valence-corrected chi connectivity index (χ0v) is 30.6. The first-order valence-electron chi connectivity index (χ1n) is 18.0. The molecule has 0 saturated carbocycles. The minimum Gasteiger partial charge on any atom is -0.456 e. The molecule has 0 amide bonds. The lowest BCUT2D eigenvalue weighted by molar-refractivity contribution is 0.669. The highest BCUT2D eigenvalue weighted by atomic mass is 32.1. The third kappa shape index (κ3) is 5.12. The van der Waals surface area contributed by atoms with Gasteiger partial charge < -0.3 is 9.32 Å². The van der Waals surface area contributed by atoms with E-state index in [-0.39, 0.29) is 0 Å². The summed E-state index contributed by atoms with van der Waals surface area (Å²) in [6, 6.07) is 64.9. The molecule has 0 unspecified atom stereocenters. The van der Waals surface area contributed by atoms with Crippen molar-refractivity contribution in [2.45, 2.75) is 0 Å². The van der Waals surface area contributed by atoms with Crippen molar-refractivity contribution >= 4 is 92.1 Å². The molecule has 3 heterocycles. The first kappa shape index (κ1) is 31.0. The summed E-state index contributed by atoms with van der Waals surface area (Å²) in [5.41, 5.74) is 11.8. The second-order valence-electron chi connectivity index (χ2n) is 13.5. The highest BCUT2D eigenvalue weighted by molar-refractivity contribution is 7.26. The first-order chi connectivity index (χ1) is 26.7. The molecule has 0 radical (unpaired) electrons. The lowest BCUT2D eigenvalue weighted by Gasteiger charge is -2.26. The van der Waals surface area contributed by atoms with E-state index in [0.29, 0.717) is 0 Å². The zero-order valence-electron chi connectivity index (χ0n) is 28.9. The molecular weight excluding hydrogens is 697 g/mol. The molecule has 0 aliphatic heterocycles. The van der Waals surface area contributed by atoms with E-state index >= 15 is 0 Å². The molecule has 0 bridgehead atoms. The van der Waals surface area contributed by atoms with Gasteiger partial charge in [0.2, 0.25) is 0 Å². The van der Waals surface area contributed by atoms with Gasteiger partial charge in [-0.05, 0) is 76.9 Å². The largest absolute Gasteiger partial charge is 0.456 e. The van der Waals surface area contributed by atoms with Crippen molar-refractivity contribution in [3.05, 3.63) is 182 Å². The van der Waals surface area contributed by atoms with Gasteiger partial charge in [0, 0.05) is 54.3 Å². The first-order valence-corrected chi connectivity index (χ1v) is 19.7. The predicted octanol–water partition coefficient (Wildman–Crippen LogP) is 15.0. The molecule has 0 N–H and O–H groups in total. The van der Waals surface area contributed by atoms with Gasteiger partial charge in [0.1, 0.15) is 16.2 Å². The lowest BCUT2D eigenvalue weighted by Crippen LogP contribution is -2.09. The van der Waals surface area contributed by atoms with Crippen molar-refractivity contribution in [3.8, 4) is 32.8 Å². The molecule has 0 spiro atoms. The Morgan fingerprint density at radius 2 is 1.07 bits per heavy atom. The van der Waals surface area contributed by atoms with Crippen LogP contribution in [0.1, 0.15) is 0 Å². The second kappa shape index (κ2) is 12.6. The molecular formula is C49H30N2OS2. The van der Waals surface area contributed by atoms with Crippen LogP contribution in [-0.2, 0) is 0 Å². The minimum absolute atomic E-state index is 0.836. The van der Waals surface area contributed by atoms with Gasteiger partial charge in [0.05, 0.1) is 15.6 Å². The summed E-state index contributed by atoms with van der Waals surface area (Å²) >= 11 is 3.59. The normalized spacial score (nSPS) is 11.7. The topological polar surface area (TPSA) is 29.3 Å². The van der Waals surface area contributed by atoms with Crippen LogP contribution in [0.3, 0.4) is 0 Å². The highest BCUT2D eigenvalue weighted by Crippen LogP contribution is 2.44. The molecule has 54 heavy (non-hydrogen) atoms. The molecule has 0 fully saturated rings. The van der Waals surface area contributed by atoms with Crippen LogP contribution in [0.25, 0.3) is 85.2 Å². The van der Waals surface area contributed by atoms with Gasteiger partial charge in [0.15, 0.2) is 0 Å². The van der Waals surface area contributed by atoms with Crippen LogP contribution in [0.4, 0.5) is 17.1 Å². The number of anilines is 3. The third-order valence-electron chi connectivity index (χ3n) is 10.3. The van der Waals surface area contributed by atoms with E-state index in [4.69, 9.17) is 9.40 Å². The summed E-state index contributed by atoms with van der Waals surface area (Å²) in [4.78, 5) is 7.45. The number of aromatic nitrogens is 1. The van der Waals surface area contributed by atoms with Crippen molar-refractivity contribution in [2.75, 3.05) is 4.90 Å². The van der Waals surface area contributed by atoms with Gasteiger partial charge in [-0.2, -0.15) is 0 Å². The quantitative estimate of drug-likeness (QED) is 0.171. The number of thiazole rings is 1. The molecule has 3 nitrogen and oxygen atoms in total. The van der Waals surface area contributed by atoms with Crippen LogP contribution in [0, 0.1) is 0 Å². The lowest BCUT2D eigenvalue weighted by atomic mass is 10.0. The Kier molecular flexibility index (Phi) is 7.22. The molecule has 0 aliphatic carbocycles. The van der Waals surface area contributed by atoms with Crippen LogP contribution >= 0.6 is 22.7 Å². The summed E-state index contributed by atoms with van der Waals surface area (Å²) in [5, 5.41) is 5.76. The number of hydrogen-bond acceptors (Lipinski definition) is 5. The van der Waals surface area contributed by atoms with Crippen molar-refractivity contribution in [1.29, 1.82) is 0 Å². The number of nitrogens with zero attached hydrogens (tertiary/aromatic N) is 2. The van der Waals surface area contributed by atoms with Gasteiger partial charge in [-0.25, -0.2) is 4.98 Å². The van der Waals surface area contributed by atoms with Crippen LogP contribution in [-0.4, -0.2) is 4.98 Å². The number of fused-ring (bicyclic) bond motifs is 8. The van der Waals surface area contributed by atoms with Crippen LogP contribution in [0.2, 0.25) is 0 Å². The summed E-state index contributed by atoms with van der Waals surface area (Å²) < 4.78 is 10.4. The van der Waals surface area contributed by atoms with E-state index < -0.39 is 0 Å². The van der Waals surface area contributed by atoms with Crippen LogP contribution < -0.4 is 4.90 Å². The molecule has 254 valence electrons. The van der Waals surface area contributed by atoms with Crippen molar-refractivity contribution in [2.24, 2.45) is 0 Å². The van der Waals surface area contributed by atoms with E-state index in [0.717, 1.165) is 59.8 Å². The van der Waals surface area contributed by atoms with Crippen molar-refractivity contribution in [1.82, 2.24) is 4.98 Å². The fraction of sp³-hybridized carbons (Fsp3) is 0. The SMILES string of the molecule is c1ccc(-c2ccc(N(c3ccc(-c4cccc5c4sc4ccccc45)cc3)c3ccc4c(c3)oc3ccc5sc(-c6ccccc6)nc5c34)cc2)cc1. The number of furan rings is 1.